The van der Waals surface area contributed by atoms with Gasteiger partial charge in [-0.05, 0) is 55.8 Å². The Kier molecular flexibility index (Phi) is 5.28. The van der Waals surface area contributed by atoms with Gasteiger partial charge in [-0.3, -0.25) is 14.3 Å². The van der Waals surface area contributed by atoms with Crippen LogP contribution in [0.1, 0.15) is 33.2 Å². The first-order valence-electron chi connectivity index (χ1n) is 9.76. The monoisotopic (exact) mass is 410 g/mol. The fourth-order valence-electron chi connectivity index (χ4n) is 3.77. The number of hydrogen-bond donors (Lipinski definition) is 1. The van der Waals surface area contributed by atoms with Crippen LogP contribution < -0.4 is 5.32 Å². The Morgan fingerprint density at radius 2 is 1.90 bits per heavy atom. The maximum Gasteiger partial charge on any atom is 0.253 e. The number of nitrogens with zero attached hydrogens (tertiary/aromatic N) is 3. The average molecular weight is 411 g/mol. The molecule has 1 aliphatic heterocycles. The molecule has 0 bridgehead atoms. The Hall–Kier alpha value is -2.86. The molecule has 2 heterocycles. The molecule has 1 fully saturated rings. The van der Waals surface area contributed by atoms with Crippen LogP contribution in [-0.2, 0) is 6.54 Å². The van der Waals surface area contributed by atoms with Gasteiger partial charge in [-0.25, -0.2) is 0 Å². The zero-order chi connectivity index (χ0) is 20.5. The molecule has 0 unspecified atom stereocenters. The van der Waals surface area contributed by atoms with Crippen LogP contribution in [0.2, 0.25) is 5.02 Å². The molecule has 0 spiro atoms. The lowest BCUT2D eigenvalue weighted by molar-refractivity contribution is 0.0462. The Bertz CT molecular complexity index is 1070. The lowest BCUT2D eigenvalue weighted by Gasteiger charge is -2.39. The Labute approximate surface area is 174 Å². The first-order chi connectivity index (χ1) is 14.0. The Morgan fingerprint density at radius 1 is 1.17 bits per heavy atom. The predicted octanol–water partition coefficient (Wildman–Crippen LogP) is 3.52. The third kappa shape index (κ3) is 3.85. The maximum absolute atomic E-state index is 12.5. The van der Waals surface area contributed by atoms with Crippen molar-refractivity contribution in [1.82, 2.24) is 20.0 Å². The second kappa shape index (κ2) is 7.87. The molecule has 3 aromatic rings. The zero-order valence-electron chi connectivity index (χ0n) is 16.5. The second-order valence-electron chi connectivity index (χ2n) is 7.46. The average Bonchev–Trinajstić information content (AvgIpc) is 3.08. The number of amides is 2. The van der Waals surface area contributed by atoms with E-state index in [0.29, 0.717) is 41.7 Å². The van der Waals surface area contributed by atoms with E-state index < -0.39 is 0 Å². The van der Waals surface area contributed by atoms with Crippen LogP contribution in [-0.4, -0.2) is 46.1 Å². The Morgan fingerprint density at radius 3 is 2.59 bits per heavy atom. The summed E-state index contributed by atoms with van der Waals surface area (Å²) in [5.41, 5.74) is 3.16. The van der Waals surface area contributed by atoms with Crippen molar-refractivity contribution in [2.75, 3.05) is 19.6 Å². The van der Waals surface area contributed by atoms with Gasteiger partial charge in [0, 0.05) is 59.8 Å². The molecule has 150 valence electrons. The van der Waals surface area contributed by atoms with Crippen molar-refractivity contribution in [2.45, 2.75) is 20.4 Å². The summed E-state index contributed by atoms with van der Waals surface area (Å²) in [7, 11) is 0. The van der Waals surface area contributed by atoms with Gasteiger partial charge in [-0.1, -0.05) is 11.6 Å². The molecule has 0 radical (unpaired) electrons. The van der Waals surface area contributed by atoms with Crippen LogP contribution in [0.5, 0.6) is 0 Å². The summed E-state index contributed by atoms with van der Waals surface area (Å²) in [6, 6.07) is 10.7. The molecule has 1 N–H and O–H groups in total. The van der Waals surface area contributed by atoms with Crippen LogP contribution in [0.4, 0.5) is 0 Å². The number of fused-ring (bicyclic) bond motifs is 1. The molecule has 0 aliphatic carbocycles. The topological polar surface area (TPSA) is 67.2 Å². The third-order valence-electron chi connectivity index (χ3n) is 5.37. The third-order valence-corrected chi connectivity index (χ3v) is 5.62. The summed E-state index contributed by atoms with van der Waals surface area (Å²) in [6.45, 7) is 6.62. The number of carbonyl (C=O) groups is 2. The molecule has 29 heavy (non-hydrogen) atoms. The molecule has 4 rings (SSSR count). The van der Waals surface area contributed by atoms with Crippen molar-refractivity contribution in [3.63, 3.8) is 0 Å². The lowest BCUT2D eigenvalue weighted by atomic mass is 9.99. The SMILES string of the molecule is CCNC(=O)c1ccc2nn(CC3CN(C(=O)c4ccc(Cl)cc4)C3)cc2c1C. The highest BCUT2D eigenvalue weighted by molar-refractivity contribution is 6.30. The van der Waals surface area contributed by atoms with E-state index >= 15 is 0 Å². The van der Waals surface area contributed by atoms with Gasteiger partial charge in [0.05, 0.1) is 5.52 Å². The number of halogens is 1. The van der Waals surface area contributed by atoms with Gasteiger partial charge in [-0.2, -0.15) is 5.10 Å². The first kappa shape index (κ1) is 19.5. The van der Waals surface area contributed by atoms with Crippen molar-refractivity contribution in [3.8, 4) is 0 Å². The van der Waals surface area contributed by atoms with E-state index in [-0.39, 0.29) is 11.8 Å². The van der Waals surface area contributed by atoms with Gasteiger partial charge in [0.2, 0.25) is 0 Å². The molecule has 1 aromatic heterocycles. The molecule has 1 aliphatic rings. The largest absolute Gasteiger partial charge is 0.352 e. The minimum atomic E-state index is -0.0602. The number of likely N-dealkylation sites (tertiary alicyclic amines) is 1. The minimum absolute atomic E-state index is 0.0333. The van der Waals surface area contributed by atoms with Gasteiger partial charge in [0.25, 0.3) is 11.8 Å². The van der Waals surface area contributed by atoms with Crippen molar-refractivity contribution in [1.29, 1.82) is 0 Å². The van der Waals surface area contributed by atoms with Crippen LogP contribution in [0.25, 0.3) is 10.9 Å². The fourth-order valence-corrected chi connectivity index (χ4v) is 3.89. The van der Waals surface area contributed by atoms with E-state index in [1.54, 1.807) is 24.3 Å². The second-order valence-corrected chi connectivity index (χ2v) is 7.90. The van der Waals surface area contributed by atoms with Crippen LogP contribution in [0.3, 0.4) is 0 Å². The zero-order valence-corrected chi connectivity index (χ0v) is 17.2. The number of rotatable bonds is 5. The van der Waals surface area contributed by atoms with Crippen molar-refractivity contribution in [3.05, 3.63) is 64.3 Å². The van der Waals surface area contributed by atoms with Crippen molar-refractivity contribution in [2.24, 2.45) is 5.92 Å². The van der Waals surface area contributed by atoms with Crippen molar-refractivity contribution >= 4 is 34.3 Å². The number of carbonyl (C=O) groups excluding carboxylic acids is 2. The summed E-state index contributed by atoms with van der Waals surface area (Å²) in [6.07, 6.45) is 2.00. The van der Waals surface area contributed by atoms with E-state index in [2.05, 4.69) is 10.4 Å². The predicted molar refractivity (Wildman–Crippen MR) is 113 cm³/mol. The summed E-state index contributed by atoms with van der Waals surface area (Å²) >= 11 is 5.89. The van der Waals surface area contributed by atoms with E-state index in [4.69, 9.17) is 11.6 Å². The van der Waals surface area contributed by atoms with Gasteiger partial charge < -0.3 is 10.2 Å². The van der Waals surface area contributed by atoms with Crippen LogP contribution in [0.15, 0.2) is 42.6 Å². The molecule has 0 saturated carbocycles. The quantitative estimate of drug-likeness (QED) is 0.699. The first-order valence-corrected chi connectivity index (χ1v) is 10.1. The standard InChI is InChI=1S/C22H23ClN4O2/c1-3-24-21(28)18-8-9-20-19(14(18)2)13-27(25-20)12-15-10-26(11-15)22(29)16-4-6-17(23)7-5-16/h4-9,13,15H,3,10-12H2,1-2H3,(H,24,28). The minimum Gasteiger partial charge on any atom is -0.352 e. The summed E-state index contributed by atoms with van der Waals surface area (Å²) in [4.78, 5) is 26.5. The van der Waals surface area contributed by atoms with Crippen LogP contribution in [0, 0.1) is 12.8 Å². The molecule has 0 atom stereocenters. The molecule has 6 nitrogen and oxygen atoms in total. The molecule has 2 aromatic carbocycles. The molecule has 2 amide bonds. The van der Waals surface area contributed by atoms with Gasteiger partial charge in [-0.15, -0.1) is 0 Å². The summed E-state index contributed by atoms with van der Waals surface area (Å²) in [5.74, 6) is 0.338. The van der Waals surface area contributed by atoms with E-state index in [1.807, 2.05) is 41.8 Å². The fraction of sp³-hybridized carbons (Fsp3) is 0.318. The maximum atomic E-state index is 12.5. The van der Waals surface area contributed by atoms with E-state index in [9.17, 15) is 9.59 Å². The molecular weight excluding hydrogens is 388 g/mol. The number of aryl methyl sites for hydroxylation is 1. The summed E-state index contributed by atoms with van der Waals surface area (Å²) < 4.78 is 1.92. The number of nitrogens with one attached hydrogen (secondary N) is 1. The number of hydrogen-bond acceptors (Lipinski definition) is 3. The van der Waals surface area contributed by atoms with E-state index in [1.165, 1.54) is 0 Å². The molecule has 1 saturated heterocycles. The molecular formula is C22H23ClN4O2. The van der Waals surface area contributed by atoms with Gasteiger partial charge in [0.1, 0.15) is 0 Å². The van der Waals surface area contributed by atoms with Gasteiger partial charge >= 0.3 is 0 Å². The van der Waals surface area contributed by atoms with E-state index in [0.717, 1.165) is 23.0 Å². The highest BCUT2D eigenvalue weighted by Gasteiger charge is 2.31. The van der Waals surface area contributed by atoms with Crippen molar-refractivity contribution < 1.29 is 9.59 Å². The number of benzene rings is 2. The Balaban J connectivity index is 1.42. The normalized spacial score (nSPS) is 14.1. The molecule has 7 heteroatoms. The smallest absolute Gasteiger partial charge is 0.253 e. The lowest BCUT2D eigenvalue weighted by Crippen LogP contribution is -2.51. The van der Waals surface area contributed by atoms with Gasteiger partial charge in [0.15, 0.2) is 0 Å². The summed E-state index contributed by atoms with van der Waals surface area (Å²) in [5, 5.41) is 9.10. The number of aromatic nitrogens is 2. The van der Waals surface area contributed by atoms with Crippen LogP contribution >= 0.6 is 11.6 Å². The highest BCUT2D eigenvalue weighted by Crippen LogP contribution is 2.24. The highest BCUT2D eigenvalue weighted by atomic mass is 35.5.